The lowest BCUT2D eigenvalue weighted by Gasteiger charge is -2.22. The average molecular weight is 233 g/mol. The molecule has 3 nitrogen and oxygen atoms in total. The Balaban J connectivity index is 1.60. The first-order valence-electron chi connectivity index (χ1n) is 6.24. The van der Waals surface area contributed by atoms with E-state index >= 15 is 0 Å². The van der Waals surface area contributed by atoms with Crippen molar-refractivity contribution in [1.82, 2.24) is 4.90 Å². The van der Waals surface area contributed by atoms with E-state index in [1.807, 2.05) is 13.8 Å². The van der Waals surface area contributed by atoms with Gasteiger partial charge in [0.1, 0.15) is 12.2 Å². The zero-order valence-corrected chi connectivity index (χ0v) is 10.4. The van der Waals surface area contributed by atoms with Crippen molar-refractivity contribution in [2.75, 3.05) is 13.1 Å². The predicted octanol–water partition coefficient (Wildman–Crippen LogP) is 2.02. The van der Waals surface area contributed by atoms with Crippen LogP contribution in [0.15, 0.2) is 30.3 Å². The van der Waals surface area contributed by atoms with Crippen LogP contribution >= 0.6 is 0 Å². The van der Waals surface area contributed by atoms with E-state index in [-0.39, 0.29) is 12.2 Å². The summed E-state index contributed by atoms with van der Waals surface area (Å²) in [5.74, 6) is -0.395. The topological polar surface area (TPSA) is 21.7 Å². The number of hydrogen-bond acceptors (Lipinski definition) is 3. The number of nitrogens with zero attached hydrogens (tertiary/aromatic N) is 1. The molecule has 2 saturated heterocycles. The lowest BCUT2D eigenvalue weighted by Crippen LogP contribution is -2.29. The molecule has 0 N–H and O–H groups in total. The molecule has 0 aliphatic carbocycles. The molecule has 92 valence electrons. The van der Waals surface area contributed by atoms with Crippen LogP contribution in [0.25, 0.3) is 0 Å². The lowest BCUT2D eigenvalue weighted by atomic mass is 10.2. The van der Waals surface area contributed by atoms with E-state index in [9.17, 15) is 0 Å². The second-order valence-electron chi connectivity index (χ2n) is 5.39. The van der Waals surface area contributed by atoms with Crippen molar-refractivity contribution in [3.63, 3.8) is 0 Å². The Kier molecular flexibility index (Phi) is 2.69. The first-order valence-corrected chi connectivity index (χ1v) is 6.24. The third-order valence-corrected chi connectivity index (χ3v) is 3.41. The van der Waals surface area contributed by atoms with Gasteiger partial charge in [0, 0.05) is 19.6 Å². The van der Waals surface area contributed by atoms with Gasteiger partial charge in [0.2, 0.25) is 0 Å². The molecule has 1 aromatic rings. The summed E-state index contributed by atoms with van der Waals surface area (Å²) in [4.78, 5) is 2.40. The van der Waals surface area contributed by atoms with Gasteiger partial charge in [0.25, 0.3) is 0 Å². The Bertz CT molecular complexity index is 374. The third kappa shape index (κ3) is 2.37. The van der Waals surface area contributed by atoms with Gasteiger partial charge in [-0.2, -0.15) is 0 Å². The minimum absolute atomic E-state index is 0.244. The summed E-state index contributed by atoms with van der Waals surface area (Å²) in [5.41, 5.74) is 1.35. The molecule has 2 atom stereocenters. The Morgan fingerprint density at radius 3 is 2.29 bits per heavy atom. The SMILES string of the molecule is CC1(C)OC2CN(Cc3ccccc3)CC2O1. The van der Waals surface area contributed by atoms with Crippen molar-refractivity contribution < 1.29 is 9.47 Å². The fourth-order valence-electron chi connectivity index (χ4n) is 2.77. The quantitative estimate of drug-likeness (QED) is 0.780. The van der Waals surface area contributed by atoms with Gasteiger partial charge in [-0.3, -0.25) is 4.90 Å². The highest BCUT2D eigenvalue weighted by Crippen LogP contribution is 2.33. The van der Waals surface area contributed by atoms with Crippen molar-refractivity contribution in [2.45, 2.75) is 38.4 Å². The van der Waals surface area contributed by atoms with Gasteiger partial charge >= 0.3 is 0 Å². The first kappa shape index (κ1) is 11.2. The summed E-state index contributed by atoms with van der Waals surface area (Å²) >= 11 is 0. The fourth-order valence-corrected chi connectivity index (χ4v) is 2.77. The van der Waals surface area contributed by atoms with Crippen LogP contribution in [0.4, 0.5) is 0 Å². The van der Waals surface area contributed by atoms with Crippen LogP contribution in [0.1, 0.15) is 19.4 Å². The number of hydrogen-bond donors (Lipinski definition) is 0. The Morgan fingerprint density at radius 2 is 1.71 bits per heavy atom. The molecule has 3 rings (SSSR count). The van der Waals surface area contributed by atoms with Crippen molar-refractivity contribution in [3.8, 4) is 0 Å². The third-order valence-electron chi connectivity index (χ3n) is 3.41. The van der Waals surface area contributed by atoms with Crippen molar-refractivity contribution >= 4 is 0 Å². The molecule has 17 heavy (non-hydrogen) atoms. The highest BCUT2D eigenvalue weighted by molar-refractivity contribution is 5.15. The standard InChI is InChI=1S/C14H19NO2/c1-14(2)16-12-9-15(10-13(12)17-14)8-11-6-4-3-5-7-11/h3-7,12-13H,8-10H2,1-2H3. The van der Waals surface area contributed by atoms with Crippen molar-refractivity contribution in [1.29, 1.82) is 0 Å². The van der Waals surface area contributed by atoms with Crippen molar-refractivity contribution in [2.24, 2.45) is 0 Å². The van der Waals surface area contributed by atoms with E-state index in [1.54, 1.807) is 0 Å². The van der Waals surface area contributed by atoms with Crippen LogP contribution in [0, 0.1) is 0 Å². The Hall–Kier alpha value is -0.900. The van der Waals surface area contributed by atoms with Crippen LogP contribution in [0.2, 0.25) is 0 Å². The monoisotopic (exact) mass is 233 g/mol. The molecular weight excluding hydrogens is 214 g/mol. The van der Waals surface area contributed by atoms with Crippen LogP contribution in [0.3, 0.4) is 0 Å². The maximum Gasteiger partial charge on any atom is 0.163 e. The number of fused-ring (bicyclic) bond motifs is 1. The molecule has 2 fully saturated rings. The smallest absolute Gasteiger partial charge is 0.163 e. The summed E-state index contributed by atoms with van der Waals surface area (Å²) in [6.07, 6.45) is 0.488. The van der Waals surface area contributed by atoms with Gasteiger partial charge in [-0.15, -0.1) is 0 Å². The molecule has 0 saturated carbocycles. The minimum Gasteiger partial charge on any atom is -0.343 e. The molecule has 0 bridgehead atoms. The van der Waals surface area contributed by atoms with E-state index in [0.717, 1.165) is 19.6 Å². The maximum absolute atomic E-state index is 5.88. The molecule has 2 unspecified atom stereocenters. The molecule has 0 radical (unpaired) electrons. The summed E-state index contributed by atoms with van der Waals surface area (Å²) in [6, 6.07) is 10.6. The second kappa shape index (κ2) is 4.09. The minimum atomic E-state index is -0.395. The fraction of sp³-hybridized carbons (Fsp3) is 0.571. The largest absolute Gasteiger partial charge is 0.343 e. The molecular formula is C14H19NO2. The molecule has 0 aromatic heterocycles. The maximum atomic E-state index is 5.88. The number of likely N-dealkylation sites (tertiary alicyclic amines) is 1. The van der Waals surface area contributed by atoms with Crippen LogP contribution in [-0.4, -0.2) is 36.0 Å². The van der Waals surface area contributed by atoms with E-state index in [1.165, 1.54) is 5.56 Å². The zero-order chi connectivity index (χ0) is 11.9. The van der Waals surface area contributed by atoms with Gasteiger partial charge in [0.05, 0.1) is 0 Å². The summed E-state index contributed by atoms with van der Waals surface area (Å²) in [5, 5.41) is 0. The average Bonchev–Trinajstić information content (AvgIpc) is 2.72. The van der Waals surface area contributed by atoms with Gasteiger partial charge in [-0.05, 0) is 19.4 Å². The normalized spacial score (nSPS) is 31.6. The summed E-state index contributed by atoms with van der Waals surface area (Å²) in [7, 11) is 0. The van der Waals surface area contributed by atoms with E-state index < -0.39 is 5.79 Å². The summed E-state index contributed by atoms with van der Waals surface area (Å²) in [6.45, 7) is 6.92. The Morgan fingerprint density at radius 1 is 1.12 bits per heavy atom. The second-order valence-corrected chi connectivity index (χ2v) is 5.39. The van der Waals surface area contributed by atoms with Gasteiger partial charge < -0.3 is 9.47 Å². The molecule has 2 aliphatic heterocycles. The summed E-state index contributed by atoms with van der Waals surface area (Å²) < 4.78 is 11.8. The molecule has 1 aromatic carbocycles. The predicted molar refractivity (Wildman–Crippen MR) is 65.5 cm³/mol. The van der Waals surface area contributed by atoms with Gasteiger partial charge in [-0.1, -0.05) is 30.3 Å². The van der Waals surface area contributed by atoms with Crippen molar-refractivity contribution in [3.05, 3.63) is 35.9 Å². The number of benzene rings is 1. The first-order chi connectivity index (χ1) is 8.12. The zero-order valence-electron chi connectivity index (χ0n) is 10.4. The van der Waals surface area contributed by atoms with Crippen LogP contribution < -0.4 is 0 Å². The van der Waals surface area contributed by atoms with Crippen LogP contribution in [0.5, 0.6) is 0 Å². The lowest BCUT2D eigenvalue weighted by molar-refractivity contribution is -0.155. The van der Waals surface area contributed by atoms with E-state index in [0.29, 0.717) is 0 Å². The van der Waals surface area contributed by atoms with Gasteiger partial charge in [0.15, 0.2) is 5.79 Å². The highest BCUT2D eigenvalue weighted by atomic mass is 16.8. The molecule has 2 heterocycles. The molecule has 3 heteroatoms. The van der Waals surface area contributed by atoms with E-state index in [4.69, 9.17) is 9.47 Å². The Labute approximate surface area is 102 Å². The van der Waals surface area contributed by atoms with E-state index in [2.05, 4.69) is 35.2 Å². The van der Waals surface area contributed by atoms with Gasteiger partial charge in [-0.25, -0.2) is 0 Å². The molecule has 2 aliphatic rings. The molecule has 0 spiro atoms. The highest BCUT2D eigenvalue weighted by Gasteiger charge is 2.46. The number of rotatable bonds is 2. The van der Waals surface area contributed by atoms with Crippen LogP contribution in [-0.2, 0) is 16.0 Å². The molecule has 0 amide bonds. The number of ether oxygens (including phenoxy) is 2.